The van der Waals surface area contributed by atoms with Crippen LogP contribution in [0.1, 0.15) is 41.6 Å². The Hall–Kier alpha value is -3.38. The van der Waals surface area contributed by atoms with Gasteiger partial charge in [0, 0.05) is 43.0 Å². The first kappa shape index (κ1) is 23.0. The van der Waals surface area contributed by atoms with Gasteiger partial charge >= 0.3 is 6.03 Å². The molecule has 0 spiro atoms. The minimum atomic E-state index is -0.332. The van der Waals surface area contributed by atoms with Crippen LogP contribution in [0, 0.1) is 11.7 Å². The van der Waals surface area contributed by atoms with Crippen LogP contribution in [0.2, 0.25) is 0 Å². The first-order valence-corrected chi connectivity index (χ1v) is 12.8. The number of piperidine rings is 1. The molecule has 3 aromatic rings. The third-order valence-electron chi connectivity index (χ3n) is 7.09. The van der Waals surface area contributed by atoms with E-state index in [1.54, 1.807) is 19.1 Å². The quantitative estimate of drug-likeness (QED) is 0.551. The Balaban J connectivity index is 1.27. The fraction of sp³-hybridized carbons (Fsp3) is 0.458. The monoisotopic (exact) mass is 512 g/mol. The van der Waals surface area contributed by atoms with Gasteiger partial charge in [0.2, 0.25) is 17.6 Å². The second-order valence-electron chi connectivity index (χ2n) is 9.47. The van der Waals surface area contributed by atoms with E-state index in [4.69, 9.17) is 14.2 Å². The number of thiazole rings is 1. The van der Waals surface area contributed by atoms with Gasteiger partial charge in [0.25, 0.3) is 0 Å². The smallest absolute Gasteiger partial charge is 0.321 e. The molecule has 1 aliphatic carbocycles. The van der Waals surface area contributed by atoms with Crippen LogP contribution in [-0.4, -0.2) is 64.3 Å². The van der Waals surface area contributed by atoms with Gasteiger partial charge in [-0.1, -0.05) is 5.16 Å². The molecule has 4 heterocycles. The maximum Gasteiger partial charge on any atom is 0.321 e. The molecule has 188 valence electrons. The molecule has 36 heavy (non-hydrogen) atoms. The number of amides is 3. The van der Waals surface area contributed by atoms with Gasteiger partial charge in [0.05, 0.1) is 24.3 Å². The Morgan fingerprint density at radius 1 is 1.19 bits per heavy atom. The highest BCUT2D eigenvalue weighted by Gasteiger charge is 2.48. The lowest BCUT2D eigenvalue weighted by atomic mass is 9.70. The molecule has 6 rings (SSSR count). The highest BCUT2D eigenvalue weighted by molar-refractivity contribution is 7.16. The summed E-state index contributed by atoms with van der Waals surface area (Å²) in [5.41, 5.74) is 1.61. The van der Waals surface area contributed by atoms with Crippen molar-refractivity contribution in [3.8, 4) is 11.4 Å². The van der Waals surface area contributed by atoms with E-state index in [1.165, 1.54) is 23.5 Å². The van der Waals surface area contributed by atoms with Crippen molar-refractivity contribution in [3.05, 3.63) is 46.5 Å². The topological polar surface area (TPSA) is 122 Å². The molecule has 3 amide bonds. The molecule has 2 saturated heterocycles. The van der Waals surface area contributed by atoms with Crippen molar-refractivity contribution in [2.45, 2.75) is 37.6 Å². The number of benzene rings is 1. The number of rotatable bonds is 4. The first-order chi connectivity index (χ1) is 17.4. The highest BCUT2D eigenvalue weighted by atomic mass is 32.1. The van der Waals surface area contributed by atoms with Crippen LogP contribution in [0.4, 0.5) is 14.3 Å². The fourth-order valence-corrected chi connectivity index (χ4v) is 6.50. The average Bonchev–Trinajstić information content (AvgIpc) is 3.60. The third-order valence-corrected chi connectivity index (χ3v) is 8.24. The largest absolute Gasteiger partial charge is 0.379 e. The molecule has 2 N–H and O–H groups in total. The van der Waals surface area contributed by atoms with Crippen molar-refractivity contribution < 1.29 is 23.2 Å². The van der Waals surface area contributed by atoms with Gasteiger partial charge in [-0.05, 0) is 43.0 Å². The predicted molar refractivity (Wildman–Crippen MR) is 128 cm³/mol. The molecule has 1 aromatic carbocycles. The number of likely N-dealkylation sites (tertiary alicyclic amines) is 1. The molecule has 12 heteroatoms. The first-order valence-electron chi connectivity index (χ1n) is 11.9. The number of nitrogens with one attached hydrogen (secondary N) is 2. The zero-order valence-electron chi connectivity index (χ0n) is 19.6. The second-order valence-corrected chi connectivity index (χ2v) is 10.5. The van der Waals surface area contributed by atoms with Gasteiger partial charge in [-0.15, -0.1) is 11.3 Å². The highest BCUT2D eigenvalue weighted by Crippen LogP contribution is 2.51. The van der Waals surface area contributed by atoms with E-state index in [2.05, 4.69) is 20.8 Å². The van der Waals surface area contributed by atoms with Crippen LogP contribution in [0.25, 0.3) is 11.4 Å². The molecule has 3 aliphatic rings. The molecule has 10 nitrogen and oxygen atoms in total. The van der Waals surface area contributed by atoms with Gasteiger partial charge in [0.15, 0.2) is 5.13 Å². The summed E-state index contributed by atoms with van der Waals surface area (Å²) in [6.07, 6.45) is 1.42. The van der Waals surface area contributed by atoms with Gasteiger partial charge in [-0.3, -0.25) is 10.1 Å². The summed E-state index contributed by atoms with van der Waals surface area (Å²) in [7, 11) is 0. The lowest BCUT2D eigenvalue weighted by Gasteiger charge is -2.44. The molecule has 2 bridgehead atoms. The van der Waals surface area contributed by atoms with Crippen molar-refractivity contribution in [2.75, 3.05) is 31.6 Å². The lowest BCUT2D eigenvalue weighted by Crippen LogP contribution is -2.49. The SMILES string of the molecule is CC(=O)N1CC2Cc3nc(NC(=O)N[C@@H]4CCOC4)sc3C(C1)C2c1nc(-c2ccc(F)cc2)no1. The summed E-state index contributed by atoms with van der Waals surface area (Å²) in [6, 6.07) is 5.65. The van der Waals surface area contributed by atoms with Gasteiger partial charge in [-0.25, -0.2) is 14.2 Å². The molecule has 2 aromatic heterocycles. The summed E-state index contributed by atoms with van der Waals surface area (Å²) in [5, 5.41) is 10.4. The molecular weight excluding hydrogens is 487 g/mol. The van der Waals surface area contributed by atoms with E-state index in [0.29, 0.717) is 55.1 Å². The van der Waals surface area contributed by atoms with Crippen LogP contribution < -0.4 is 10.6 Å². The number of carbonyl (C=O) groups excluding carboxylic acids is 2. The van der Waals surface area contributed by atoms with Crippen LogP contribution in [-0.2, 0) is 16.0 Å². The molecule has 2 fully saturated rings. The predicted octanol–water partition coefficient (Wildman–Crippen LogP) is 3.14. The number of hydrogen-bond acceptors (Lipinski definition) is 8. The summed E-state index contributed by atoms with van der Waals surface area (Å²) >= 11 is 1.42. The van der Waals surface area contributed by atoms with E-state index in [9.17, 15) is 14.0 Å². The Labute approximate surface area is 210 Å². The molecule has 0 radical (unpaired) electrons. The molecular formula is C24H25FN6O4S. The van der Waals surface area contributed by atoms with E-state index in [-0.39, 0.29) is 41.6 Å². The van der Waals surface area contributed by atoms with Gasteiger partial charge in [0.1, 0.15) is 5.82 Å². The zero-order valence-corrected chi connectivity index (χ0v) is 20.4. The maximum atomic E-state index is 13.3. The summed E-state index contributed by atoms with van der Waals surface area (Å²) < 4.78 is 24.4. The zero-order chi connectivity index (χ0) is 24.8. The molecule has 2 aliphatic heterocycles. The summed E-state index contributed by atoms with van der Waals surface area (Å²) in [4.78, 5) is 37.0. The van der Waals surface area contributed by atoms with Crippen molar-refractivity contribution in [1.82, 2.24) is 25.3 Å². The third kappa shape index (κ3) is 4.35. The number of halogens is 1. The van der Waals surface area contributed by atoms with Crippen molar-refractivity contribution in [1.29, 1.82) is 0 Å². The van der Waals surface area contributed by atoms with E-state index in [0.717, 1.165) is 17.0 Å². The number of nitrogens with zero attached hydrogens (tertiary/aromatic N) is 4. The van der Waals surface area contributed by atoms with E-state index >= 15 is 0 Å². The molecule has 0 saturated carbocycles. The van der Waals surface area contributed by atoms with E-state index in [1.807, 2.05) is 4.90 Å². The van der Waals surface area contributed by atoms with Crippen LogP contribution in [0.15, 0.2) is 28.8 Å². The fourth-order valence-electron chi connectivity index (χ4n) is 5.37. The number of hydrogen-bond donors (Lipinski definition) is 2. The molecule has 3 unspecified atom stereocenters. The second kappa shape index (κ2) is 9.25. The van der Waals surface area contributed by atoms with Crippen molar-refractivity contribution in [2.24, 2.45) is 5.92 Å². The van der Waals surface area contributed by atoms with Crippen LogP contribution in [0.3, 0.4) is 0 Å². The van der Waals surface area contributed by atoms with Gasteiger partial charge in [-0.2, -0.15) is 4.98 Å². The number of carbonyl (C=O) groups is 2. The Morgan fingerprint density at radius 2 is 2.03 bits per heavy atom. The number of anilines is 1. The van der Waals surface area contributed by atoms with Crippen LogP contribution >= 0.6 is 11.3 Å². The Morgan fingerprint density at radius 3 is 2.78 bits per heavy atom. The lowest BCUT2D eigenvalue weighted by molar-refractivity contribution is -0.131. The van der Waals surface area contributed by atoms with Crippen LogP contribution in [0.5, 0.6) is 0 Å². The Kier molecular flexibility index (Phi) is 5.92. The average molecular weight is 513 g/mol. The maximum absolute atomic E-state index is 13.3. The number of aromatic nitrogens is 3. The van der Waals surface area contributed by atoms with Gasteiger partial charge < -0.3 is 19.5 Å². The number of ether oxygens (including phenoxy) is 1. The summed E-state index contributed by atoms with van der Waals surface area (Å²) in [5.74, 6) is 0.453. The minimum absolute atomic E-state index is 0.000124. The van der Waals surface area contributed by atoms with Crippen molar-refractivity contribution >= 4 is 28.4 Å². The van der Waals surface area contributed by atoms with Crippen molar-refractivity contribution in [3.63, 3.8) is 0 Å². The molecule has 4 atom stereocenters. The normalized spacial score (nSPS) is 24.9. The summed E-state index contributed by atoms with van der Waals surface area (Å²) in [6.45, 7) is 3.80. The minimum Gasteiger partial charge on any atom is -0.379 e. The number of fused-ring (bicyclic) bond motifs is 4. The number of urea groups is 1. The standard InChI is InChI=1S/C24H25FN6O4S/c1-12(32)31-9-14-8-18-20(36-24(27-18)29-23(33)26-16-6-7-34-11-16)17(10-31)19(14)22-28-21(30-35-22)13-2-4-15(25)5-3-13/h2-5,14,16-17,19H,6-11H2,1H3,(H2,26,27,29,33)/t14?,16-,17?,19?/m1/s1. The Bertz CT molecular complexity index is 1290. The van der Waals surface area contributed by atoms with E-state index < -0.39 is 0 Å².